The minimum atomic E-state index is -3.05. The lowest BCUT2D eigenvalue weighted by molar-refractivity contribution is 0.00871. The zero-order chi connectivity index (χ0) is 15.3. The van der Waals surface area contributed by atoms with Crippen molar-refractivity contribution in [1.29, 1.82) is 0 Å². The van der Waals surface area contributed by atoms with E-state index in [0.29, 0.717) is 25.1 Å². The molecule has 2 N–H and O–H groups in total. The Hall–Kier alpha value is -0.170. The molecule has 0 aliphatic carbocycles. The van der Waals surface area contributed by atoms with Crippen molar-refractivity contribution in [2.75, 3.05) is 26.0 Å². The molecule has 2 saturated heterocycles. The molecule has 2 heterocycles. The Balaban J connectivity index is 1.70. The third-order valence-corrected chi connectivity index (χ3v) is 5.99. The van der Waals surface area contributed by atoms with E-state index in [2.05, 4.69) is 0 Å². The molecule has 2 fully saturated rings. The van der Waals surface area contributed by atoms with Gasteiger partial charge in [-0.1, -0.05) is 0 Å². The Morgan fingerprint density at radius 3 is 2.76 bits per heavy atom. The molecule has 21 heavy (non-hydrogen) atoms. The third-order valence-electron chi connectivity index (χ3n) is 4.72. The summed E-state index contributed by atoms with van der Waals surface area (Å²) in [7, 11) is -3.05. The van der Waals surface area contributed by atoms with Crippen molar-refractivity contribution in [2.45, 2.75) is 63.5 Å². The third kappa shape index (κ3) is 5.85. The molecule has 0 aromatic heterocycles. The first kappa shape index (κ1) is 17.2. The highest BCUT2D eigenvalue weighted by molar-refractivity contribution is 7.88. The van der Waals surface area contributed by atoms with Gasteiger partial charge in [-0.2, -0.15) is 0 Å². The van der Waals surface area contributed by atoms with Crippen LogP contribution in [0.5, 0.6) is 0 Å². The lowest BCUT2D eigenvalue weighted by Gasteiger charge is -2.32. The molecule has 0 aromatic carbocycles. The first-order valence-electron chi connectivity index (χ1n) is 8.27. The van der Waals surface area contributed by atoms with Gasteiger partial charge in [0.05, 0.1) is 12.4 Å². The van der Waals surface area contributed by atoms with E-state index in [4.69, 9.17) is 10.5 Å². The van der Waals surface area contributed by atoms with E-state index in [1.54, 1.807) is 4.31 Å². The van der Waals surface area contributed by atoms with Crippen LogP contribution < -0.4 is 5.73 Å². The summed E-state index contributed by atoms with van der Waals surface area (Å²) >= 11 is 0. The summed E-state index contributed by atoms with van der Waals surface area (Å²) < 4.78 is 30.6. The summed E-state index contributed by atoms with van der Waals surface area (Å²) in [4.78, 5) is 0. The van der Waals surface area contributed by atoms with Crippen LogP contribution in [-0.4, -0.2) is 50.8 Å². The summed E-state index contributed by atoms with van der Waals surface area (Å²) in [5.74, 6) is 0.413. The second kappa shape index (κ2) is 7.90. The van der Waals surface area contributed by atoms with Gasteiger partial charge in [-0.25, -0.2) is 12.7 Å². The Morgan fingerprint density at radius 2 is 2.10 bits per heavy atom. The van der Waals surface area contributed by atoms with Gasteiger partial charge in [0.1, 0.15) is 0 Å². The van der Waals surface area contributed by atoms with Crippen LogP contribution in [0.25, 0.3) is 0 Å². The molecular weight excluding hydrogens is 288 g/mol. The normalized spacial score (nSPS) is 30.2. The summed E-state index contributed by atoms with van der Waals surface area (Å²) in [5.41, 5.74) is 6.25. The highest BCUT2D eigenvalue weighted by Crippen LogP contribution is 2.24. The van der Waals surface area contributed by atoms with E-state index in [1.165, 1.54) is 19.1 Å². The smallest absolute Gasteiger partial charge is 0.211 e. The van der Waals surface area contributed by atoms with Crippen LogP contribution in [0.15, 0.2) is 0 Å². The van der Waals surface area contributed by atoms with E-state index in [1.807, 2.05) is 0 Å². The zero-order valence-corrected chi connectivity index (χ0v) is 14.0. The number of hydrogen-bond acceptors (Lipinski definition) is 4. The Morgan fingerprint density at radius 1 is 1.29 bits per heavy atom. The molecule has 0 bridgehead atoms. The molecule has 0 amide bonds. The van der Waals surface area contributed by atoms with Crippen LogP contribution in [0.3, 0.4) is 0 Å². The molecule has 3 unspecified atom stereocenters. The van der Waals surface area contributed by atoms with E-state index in [0.717, 1.165) is 45.1 Å². The van der Waals surface area contributed by atoms with Gasteiger partial charge in [0, 0.05) is 25.7 Å². The van der Waals surface area contributed by atoms with Crippen LogP contribution in [0.2, 0.25) is 0 Å². The van der Waals surface area contributed by atoms with Crippen LogP contribution in [0.1, 0.15) is 51.4 Å². The van der Waals surface area contributed by atoms with Crippen LogP contribution >= 0.6 is 0 Å². The fourth-order valence-electron chi connectivity index (χ4n) is 3.50. The monoisotopic (exact) mass is 318 g/mol. The lowest BCUT2D eigenvalue weighted by Crippen LogP contribution is -2.41. The molecule has 2 aliphatic rings. The van der Waals surface area contributed by atoms with E-state index < -0.39 is 10.0 Å². The van der Waals surface area contributed by atoms with Gasteiger partial charge in [-0.15, -0.1) is 0 Å². The van der Waals surface area contributed by atoms with Crippen LogP contribution in [0, 0.1) is 5.92 Å². The van der Waals surface area contributed by atoms with Gasteiger partial charge in [0.2, 0.25) is 10.0 Å². The van der Waals surface area contributed by atoms with Crippen molar-refractivity contribution < 1.29 is 13.2 Å². The SMILES string of the molecule is CS(=O)(=O)N1CCCC(CC(N)CCC2CCCCO2)C1. The summed E-state index contributed by atoms with van der Waals surface area (Å²) in [6.07, 6.45) is 10.3. The highest BCUT2D eigenvalue weighted by atomic mass is 32.2. The summed E-state index contributed by atoms with van der Waals surface area (Å²) in [6, 6.07) is 0.167. The average molecular weight is 318 g/mol. The van der Waals surface area contributed by atoms with Crippen LogP contribution in [0.4, 0.5) is 0 Å². The van der Waals surface area contributed by atoms with Gasteiger partial charge in [-0.05, 0) is 57.3 Å². The quantitative estimate of drug-likeness (QED) is 0.809. The Bertz CT molecular complexity index is 407. The largest absolute Gasteiger partial charge is 0.378 e. The zero-order valence-electron chi connectivity index (χ0n) is 13.2. The summed E-state index contributed by atoms with van der Waals surface area (Å²) in [6.45, 7) is 2.21. The number of sulfonamides is 1. The molecule has 124 valence electrons. The fraction of sp³-hybridized carbons (Fsp3) is 1.00. The second-order valence-corrected chi connectivity index (χ2v) is 8.67. The Kier molecular flexibility index (Phi) is 6.47. The van der Waals surface area contributed by atoms with Crippen molar-refractivity contribution >= 4 is 10.0 Å². The lowest BCUT2D eigenvalue weighted by atomic mass is 9.90. The molecular formula is C15H30N2O3S. The van der Waals surface area contributed by atoms with Crippen molar-refractivity contribution in [3.8, 4) is 0 Å². The predicted octanol–water partition coefficient (Wildman–Crippen LogP) is 1.72. The van der Waals surface area contributed by atoms with Gasteiger partial charge in [0.25, 0.3) is 0 Å². The molecule has 0 saturated carbocycles. The van der Waals surface area contributed by atoms with Gasteiger partial charge < -0.3 is 10.5 Å². The molecule has 5 nitrogen and oxygen atoms in total. The number of nitrogens with two attached hydrogens (primary N) is 1. The average Bonchev–Trinajstić information content (AvgIpc) is 2.46. The van der Waals surface area contributed by atoms with Crippen molar-refractivity contribution in [3.05, 3.63) is 0 Å². The fourth-order valence-corrected chi connectivity index (χ4v) is 4.44. The van der Waals surface area contributed by atoms with E-state index in [-0.39, 0.29) is 6.04 Å². The number of hydrogen-bond donors (Lipinski definition) is 1. The van der Waals surface area contributed by atoms with Crippen molar-refractivity contribution in [3.63, 3.8) is 0 Å². The minimum Gasteiger partial charge on any atom is -0.378 e. The maximum absolute atomic E-state index is 11.6. The molecule has 6 heteroatoms. The van der Waals surface area contributed by atoms with Crippen molar-refractivity contribution in [1.82, 2.24) is 4.31 Å². The maximum atomic E-state index is 11.6. The minimum absolute atomic E-state index is 0.167. The first-order chi connectivity index (χ1) is 9.95. The molecule has 0 spiro atoms. The molecule has 2 rings (SSSR count). The maximum Gasteiger partial charge on any atom is 0.211 e. The van der Waals surface area contributed by atoms with Gasteiger partial charge in [0.15, 0.2) is 0 Å². The van der Waals surface area contributed by atoms with Gasteiger partial charge in [-0.3, -0.25) is 0 Å². The predicted molar refractivity (Wildman–Crippen MR) is 84.6 cm³/mol. The molecule has 0 radical (unpaired) electrons. The number of nitrogens with zero attached hydrogens (tertiary/aromatic N) is 1. The number of ether oxygens (including phenoxy) is 1. The number of piperidine rings is 1. The highest BCUT2D eigenvalue weighted by Gasteiger charge is 2.27. The topological polar surface area (TPSA) is 72.6 Å². The number of rotatable bonds is 6. The van der Waals surface area contributed by atoms with Crippen LogP contribution in [-0.2, 0) is 14.8 Å². The standard InChI is InChI=1S/C15H30N2O3S/c1-21(18,19)17-9-4-5-13(12-17)11-14(16)7-8-15-6-2-3-10-20-15/h13-15H,2-12,16H2,1H3. The van der Waals surface area contributed by atoms with Crippen molar-refractivity contribution in [2.24, 2.45) is 11.7 Å². The molecule has 0 aromatic rings. The molecule has 2 aliphatic heterocycles. The first-order valence-corrected chi connectivity index (χ1v) is 10.1. The Labute approximate surface area is 129 Å². The second-order valence-electron chi connectivity index (χ2n) is 6.69. The van der Waals surface area contributed by atoms with E-state index in [9.17, 15) is 8.42 Å². The summed E-state index contributed by atoms with van der Waals surface area (Å²) in [5, 5.41) is 0. The van der Waals surface area contributed by atoms with Gasteiger partial charge >= 0.3 is 0 Å². The van der Waals surface area contributed by atoms with E-state index >= 15 is 0 Å². The molecule has 3 atom stereocenters.